The predicted octanol–water partition coefficient (Wildman–Crippen LogP) is 11.3. The number of hydrogen-bond donors (Lipinski definition) is 1. The van der Waals surface area contributed by atoms with Gasteiger partial charge in [0.15, 0.2) is 23.1 Å². The summed E-state index contributed by atoms with van der Waals surface area (Å²) >= 11 is 0. The van der Waals surface area contributed by atoms with Crippen LogP contribution < -0.4 is 14.8 Å². The molecular formula is C42H45N5O2. The molecule has 5 aromatic rings. The Morgan fingerprint density at radius 3 is 1.16 bits per heavy atom. The van der Waals surface area contributed by atoms with Gasteiger partial charge in [-0.1, -0.05) is 104 Å². The number of amidine groups is 2. The van der Waals surface area contributed by atoms with Gasteiger partial charge >= 0.3 is 0 Å². The zero-order chi connectivity index (χ0) is 34.7. The molecule has 49 heavy (non-hydrogen) atoms. The Labute approximate surface area is 290 Å². The summed E-state index contributed by atoms with van der Waals surface area (Å²) in [7, 11) is 0. The molecule has 7 heteroatoms. The fourth-order valence-corrected chi connectivity index (χ4v) is 6.02. The second kappa shape index (κ2) is 14.4. The lowest BCUT2D eigenvalue weighted by Gasteiger charge is -2.24. The van der Waals surface area contributed by atoms with E-state index in [-0.39, 0.29) is 23.7 Å². The van der Waals surface area contributed by atoms with Crippen LogP contribution >= 0.6 is 0 Å². The number of fused-ring (bicyclic) bond motifs is 1. The van der Waals surface area contributed by atoms with E-state index in [0.29, 0.717) is 34.8 Å². The van der Waals surface area contributed by atoms with E-state index in [1.807, 2.05) is 48.5 Å². The Bertz CT molecular complexity index is 1800. The number of benzene rings is 3. The third-order valence-corrected chi connectivity index (χ3v) is 8.65. The number of hydrogen-bond acceptors (Lipinski definition) is 6. The average molecular weight is 652 g/mol. The highest BCUT2D eigenvalue weighted by atomic mass is 16.5. The first kappa shape index (κ1) is 33.6. The number of ether oxygens (including phenoxy) is 2. The molecule has 0 bridgehead atoms. The van der Waals surface area contributed by atoms with E-state index in [2.05, 4.69) is 107 Å². The van der Waals surface area contributed by atoms with Crippen LogP contribution in [0, 0.1) is 0 Å². The van der Waals surface area contributed by atoms with Crippen molar-refractivity contribution >= 4 is 23.3 Å². The van der Waals surface area contributed by atoms with E-state index in [1.165, 1.54) is 0 Å². The van der Waals surface area contributed by atoms with Crippen LogP contribution in [-0.4, -0.2) is 21.6 Å². The maximum atomic E-state index is 7.07. The van der Waals surface area contributed by atoms with Crippen LogP contribution in [0.15, 0.2) is 107 Å². The molecule has 0 spiro atoms. The second-order valence-electron chi connectivity index (χ2n) is 13.6. The Kier molecular flexibility index (Phi) is 9.90. The topological polar surface area (TPSA) is 81.0 Å². The summed E-state index contributed by atoms with van der Waals surface area (Å²) < 4.78 is 14.1. The Hall–Kier alpha value is -5.30. The van der Waals surface area contributed by atoms with Crippen molar-refractivity contribution in [3.05, 3.63) is 131 Å². The molecule has 2 aromatic heterocycles. The van der Waals surface area contributed by atoms with Crippen molar-refractivity contribution < 1.29 is 9.47 Å². The molecule has 3 heterocycles. The van der Waals surface area contributed by atoms with Gasteiger partial charge in [0.25, 0.3) is 0 Å². The smallest absolute Gasteiger partial charge is 0.170 e. The minimum absolute atomic E-state index is 0.252. The van der Waals surface area contributed by atoms with E-state index in [1.54, 1.807) is 12.4 Å². The summed E-state index contributed by atoms with van der Waals surface area (Å²) in [4.78, 5) is 18.8. The van der Waals surface area contributed by atoms with Gasteiger partial charge in [0.05, 0.1) is 0 Å². The number of para-hydroxylation sites is 2. The third kappa shape index (κ3) is 7.26. The predicted molar refractivity (Wildman–Crippen MR) is 200 cm³/mol. The van der Waals surface area contributed by atoms with Crippen LogP contribution in [0.4, 0.5) is 11.6 Å². The van der Waals surface area contributed by atoms with Crippen LogP contribution in [0.3, 0.4) is 0 Å². The van der Waals surface area contributed by atoms with Crippen molar-refractivity contribution in [3.8, 4) is 23.0 Å². The number of nitrogens with one attached hydrogen (secondary N) is 1. The minimum Gasteiger partial charge on any atom is -0.453 e. The highest BCUT2D eigenvalue weighted by molar-refractivity contribution is 6.26. The van der Waals surface area contributed by atoms with Crippen molar-refractivity contribution in [2.24, 2.45) is 9.98 Å². The third-order valence-electron chi connectivity index (χ3n) is 8.65. The average Bonchev–Trinajstić information content (AvgIpc) is 3.40. The molecular weight excluding hydrogens is 606 g/mol. The van der Waals surface area contributed by atoms with Gasteiger partial charge in [-0.3, -0.25) is 0 Å². The number of pyridine rings is 2. The van der Waals surface area contributed by atoms with Crippen molar-refractivity contribution in [2.45, 2.75) is 79.1 Å². The van der Waals surface area contributed by atoms with Crippen molar-refractivity contribution in [1.82, 2.24) is 15.3 Å². The molecule has 1 aliphatic rings. The maximum absolute atomic E-state index is 7.07. The van der Waals surface area contributed by atoms with Crippen molar-refractivity contribution in [3.63, 3.8) is 0 Å². The molecule has 0 unspecified atom stereocenters. The molecule has 0 atom stereocenters. The van der Waals surface area contributed by atoms with Crippen LogP contribution in [0.25, 0.3) is 0 Å². The number of aliphatic imine (C=N–C) groups is 2. The molecule has 3 aromatic carbocycles. The molecule has 0 fully saturated rings. The van der Waals surface area contributed by atoms with Crippen molar-refractivity contribution in [2.75, 3.05) is 0 Å². The highest BCUT2D eigenvalue weighted by Crippen LogP contribution is 2.46. The Morgan fingerprint density at radius 1 is 0.490 bits per heavy atom. The number of rotatable bonds is 10. The highest BCUT2D eigenvalue weighted by Gasteiger charge is 2.30. The second-order valence-corrected chi connectivity index (χ2v) is 13.6. The number of aromatic nitrogens is 2. The lowest BCUT2D eigenvalue weighted by molar-refractivity contribution is 0.404. The van der Waals surface area contributed by atoms with Crippen LogP contribution in [0.1, 0.15) is 112 Å². The summed E-state index contributed by atoms with van der Waals surface area (Å²) in [5, 5.41) is 3.46. The lowest BCUT2D eigenvalue weighted by atomic mass is 9.93. The first-order valence-corrected chi connectivity index (χ1v) is 17.2. The molecule has 0 saturated carbocycles. The summed E-state index contributed by atoms with van der Waals surface area (Å²) in [6, 6.07) is 28.2. The van der Waals surface area contributed by atoms with Gasteiger partial charge in [-0.15, -0.1) is 0 Å². The lowest BCUT2D eigenvalue weighted by Crippen LogP contribution is -2.22. The van der Waals surface area contributed by atoms with Crippen LogP contribution in [0.2, 0.25) is 0 Å². The molecule has 0 saturated heterocycles. The van der Waals surface area contributed by atoms with Gasteiger partial charge in [0, 0.05) is 23.5 Å². The van der Waals surface area contributed by atoms with Crippen molar-refractivity contribution in [1.29, 1.82) is 0 Å². The molecule has 7 nitrogen and oxygen atoms in total. The van der Waals surface area contributed by atoms with Gasteiger partial charge in [0.2, 0.25) is 0 Å². The van der Waals surface area contributed by atoms with Crippen LogP contribution in [0.5, 0.6) is 23.0 Å². The zero-order valence-electron chi connectivity index (χ0n) is 29.7. The quantitative estimate of drug-likeness (QED) is 0.162. The molecule has 6 rings (SSSR count). The maximum Gasteiger partial charge on any atom is 0.170 e. The molecule has 1 aliphatic heterocycles. The summed E-state index contributed by atoms with van der Waals surface area (Å²) in [5.74, 6) is 6.30. The molecule has 0 radical (unpaired) electrons. The van der Waals surface area contributed by atoms with Gasteiger partial charge < -0.3 is 14.8 Å². The van der Waals surface area contributed by atoms with E-state index in [9.17, 15) is 0 Å². The molecule has 0 amide bonds. The fraction of sp³-hybridized carbons (Fsp3) is 0.286. The summed E-state index contributed by atoms with van der Waals surface area (Å²) in [6.45, 7) is 17.6. The fourth-order valence-electron chi connectivity index (χ4n) is 6.02. The number of nitrogens with zero attached hydrogens (tertiary/aromatic N) is 4. The molecule has 250 valence electrons. The first-order chi connectivity index (χ1) is 23.6. The largest absolute Gasteiger partial charge is 0.453 e. The summed E-state index contributed by atoms with van der Waals surface area (Å²) in [6.07, 6.45) is 3.47. The van der Waals surface area contributed by atoms with Crippen LogP contribution in [-0.2, 0) is 0 Å². The standard InChI is InChI=1S/C42H45N5O2/c1-25(2)29-15-13-16-30(26(3)4)39(29)48-35-23-33-34(24-36(35)49-40-31(27(5)6)17-14-18-32(40)28(7)8)42(46-38-20-10-12-22-44-38)47-41(33)45-37-19-9-11-21-43-37/h9-28H,1-8H3,(H,43,44,45,46,47). The Morgan fingerprint density at radius 2 is 0.857 bits per heavy atom. The van der Waals surface area contributed by atoms with E-state index in [4.69, 9.17) is 19.5 Å². The van der Waals surface area contributed by atoms with E-state index >= 15 is 0 Å². The van der Waals surface area contributed by atoms with Gasteiger partial charge in [0.1, 0.15) is 23.2 Å². The zero-order valence-corrected chi connectivity index (χ0v) is 29.7. The monoisotopic (exact) mass is 651 g/mol. The van der Waals surface area contributed by atoms with Gasteiger partial charge in [-0.25, -0.2) is 20.0 Å². The summed E-state index contributed by atoms with van der Waals surface area (Å²) in [5.41, 5.74) is 6.22. The van der Waals surface area contributed by atoms with Gasteiger partial charge in [-0.2, -0.15) is 0 Å². The normalized spacial score (nSPS) is 14.3. The van der Waals surface area contributed by atoms with Gasteiger partial charge in [-0.05, 0) is 82.3 Å². The van der Waals surface area contributed by atoms with E-state index in [0.717, 1.165) is 44.9 Å². The molecule has 1 N–H and O–H groups in total. The minimum atomic E-state index is 0.252. The first-order valence-electron chi connectivity index (χ1n) is 17.2. The van der Waals surface area contributed by atoms with E-state index < -0.39 is 0 Å². The molecule has 0 aliphatic carbocycles. The SMILES string of the molecule is CC(C)c1cccc(C(C)C)c1Oc1cc2c(cc1Oc1c(C(C)C)cccc1C(C)C)/C(=N/c1ccccn1)N/C2=N\c1ccccn1. The Balaban J connectivity index is 1.61.